The van der Waals surface area contributed by atoms with Crippen LogP contribution in [0.2, 0.25) is 0 Å². The second-order valence-corrected chi connectivity index (χ2v) is 9.98. The lowest BCUT2D eigenvalue weighted by molar-refractivity contribution is -0.142. The molecule has 1 saturated heterocycles. The van der Waals surface area contributed by atoms with E-state index in [4.69, 9.17) is 9.15 Å². The van der Waals surface area contributed by atoms with Crippen molar-refractivity contribution in [2.75, 3.05) is 25.5 Å². The number of aromatic nitrogens is 1. The highest BCUT2D eigenvalue weighted by Gasteiger charge is 2.33. The van der Waals surface area contributed by atoms with Crippen molar-refractivity contribution in [3.8, 4) is 0 Å². The molecule has 5 rings (SSSR count). The van der Waals surface area contributed by atoms with Crippen molar-refractivity contribution < 1.29 is 23.5 Å². The summed E-state index contributed by atoms with van der Waals surface area (Å²) in [5, 5.41) is 5.72. The molecule has 0 spiro atoms. The molecule has 1 fully saturated rings. The first-order valence-corrected chi connectivity index (χ1v) is 12.7. The number of nitrogens with zero attached hydrogens (tertiary/aromatic N) is 2. The molecule has 3 aromatic rings. The van der Waals surface area contributed by atoms with Crippen molar-refractivity contribution in [1.82, 2.24) is 20.1 Å². The molecular formula is C25H26BrN5O6. The molecule has 1 atom stereocenters. The van der Waals surface area contributed by atoms with Crippen molar-refractivity contribution in [3.63, 3.8) is 0 Å². The number of piperidine rings is 1. The molecule has 194 valence electrons. The minimum atomic E-state index is -0.936. The summed E-state index contributed by atoms with van der Waals surface area (Å²) in [5.41, 5.74) is 3.43. The van der Waals surface area contributed by atoms with Gasteiger partial charge in [-0.3, -0.25) is 4.98 Å². The minimum absolute atomic E-state index is 0.00824. The molecule has 11 nitrogen and oxygen atoms in total. The molecule has 2 aliphatic heterocycles. The van der Waals surface area contributed by atoms with Crippen molar-refractivity contribution in [3.05, 3.63) is 62.5 Å². The normalized spacial score (nSPS) is 16.8. The van der Waals surface area contributed by atoms with E-state index >= 15 is 0 Å². The molecular weight excluding hydrogens is 546 g/mol. The van der Waals surface area contributed by atoms with E-state index in [2.05, 4.69) is 31.5 Å². The maximum absolute atomic E-state index is 13.1. The van der Waals surface area contributed by atoms with Gasteiger partial charge in [0.25, 0.3) is 0 Å². The highest BCUT2D eigenvalue weighted by atomic mass is 79.9. The Morgan fingerprint density at radius 2 is 1.97 bits per heavy atom. The van der Waals surface area contributed by atoms with Crippen LogP contribution in [0.5, 0.6) is 0 Å². The largest absolute Gasteiger partial charge is 0.467 e. The maximum atomic E-state index is 13.1. The topological polar surface area (TPSA) is 137 Å². The smallest absolute Gasteiger partial charge is 0.417 e. The zero-order chi connectivity index (χ0) is 26.1. The number of oxazole rings is 1. The van der Waals surface area contributed by atoms with Gasteiger partial charge in [0.05, 0.1) is 7.11 Å². The van der Waals surface area contributed by atoms with Crippen LogP contribution in [0.1, 0.15) is 24.0 Å². The van der Waals surface area contributed by atoms with Crippen LogP contribution in [-0.2, 0) is 22.5 Å². The number of para-hydroxylation sites is 1. The number of benzene rings is 2. The van der Waals surface area contributed by atoms with Crippen LogP contribution in [-0.4, -0.2) is 65.1 Å². The molecule has 0 unspecified atom stereocenters. The van der Waals surface area contributed by atoms with E-state index in [9.17, 15) is 19.2 Å². The molecule has 0 aliphatic carbocycles. The Balaban J connectivity index is 1.22. The standard InChI is InChI=1S/C25H26BrN5O6/c1-36-22(32)19(11-14-10-17(26)21-20(12-14)37-25(35)29-21)28-23(33)30-8-6-16(7-9-30)31-13-15-4-2-3-5-18(15)27-24(31)34/h2-5,10,12,16,19H,6-9,11,13H2,1H3,(H,27,34)(H,28,33)(H,29,35)/t19-/m1/s1. The van der Waals surface area contributed by atoms with Crippen molar-refractivity contribution in [2.45, 2.75) is 37.9 Å². The number of hydrogen-bond acceptors (Lipinski definition) is 6. The first-order valence-electron chi connectivity index (χ1n) is 11.9. The minimum Gasteiger partial charge on any atom is -0.467 e. The Kier molecular flexibility index (Phi) is 6.92. The Labute approximate surface area is 220 Å². The quantitative estimate of drug-likeness (QED) is 0.402. The van der Waals surface area contributed by atoms with Gasteiger partial charge in [-0.1, -0.05) is 18.2 Å². The molecule has 4 amide bonds. The third kappa shape index (κ3) is 5.19. The Hall–Kier alpha value is -3.80. The number of esters is 1. The monoisotopic (exact) mass is 571 g/mol. The van der Waals surface area contributed by atoms with Gasteiger partial charge in [0, 0.05) is 42.3 Å². The van der Waals surface area contributed by atoms with E-state index in [0.717, 1.165) is 11.3 Å². The molecule has 0 saturated carbocycles. The molecule has 3 heterocycles. The second-order valence-electron chi connectivity index (χ2n) is 9.13. The third-order valence-electron chi connectivity index (χ3n) is 6.82. The van der Waals surface area contributed by atoms with Crippen LogP contribution in [0.4, 0.5) is 15.3 Å². The molecule has 2 aliphatic rings. The van der Waals surface area contributed by atoms with Gasteiger partial charge in [-0.2, -0.15) is 0 Å². The van der Waals surface area contributed by atoms with E-state index in [-0.39, 0.29) is 24.5 Å². The fraction of sp³-hybridized carbons (Fsp3) is 0.360. The van der Waals surface area contributed by atoms with E-state index in [1.165, 1.54) is 7.11 Å². The fourth-order valence-corrected chi connectivity index (χ4v) is 5.48. The molecule has 0 bridgehead atoms. The zero-order valence-electron chi connectivity index (χ0n) is 20.1. The van der Waals surface area contributed by atoms with E-state index in [1.54, 1.807) is 17.0 Å². The van der Waals surface area contributed by atoms with E-state index in [1.807, 2.05) is 29.2 Å². The van der Waals surface area contributed by atoms with Crippen LogP contribution < -0.4 is 16.4 Å². The van der Waals surface area contributed by atoms with Gasteiger partial charge in [0.2, 0.25) is 0 Å². The maximum Gasteiger partial charge on any atom is 0.417 e. The number of carbonyl (C=O) groups is 3. The zero-order valence-corrected chi connectivity index (χ0v) is 21.7. The molecule has 37 heavy (non-hydrogen) atoms. The van der Waals surface area contributed by atoms with Crippen molar-refractivity contribution in [2.24, 2.45) is 0 Å². The van der Waals surface area contributed by atoms with Crippen LogP contribution >= 0.6 is 15.9 Å². The number of carbonyl (C=O) groups excluding carboxylic acids is 3. The van der Waals surface area contributed by atoms with Crippen molar-refractivity contribution >= 4 is 50.7 Å². The number of hydrogen-bond donors (Lipinski definition) is 3. The van der Waals surface area contributed by atoms with Gasteiger partial charge >= 0.3 is 23.8 Å². The summed E-state index contributed by atoms with van der Waals surface area (Å²) in [6.07, 6.45) is 1.40. The van der Waals surface area contributed by atoms with Gasteiger partial charge < -0.3 is 29.6 Å². The Morgan fingerprint density at radius 1 is 1.22 bits per heavy atom. The molecule has 0 radical (unpaired) electrons. The summed E-state index contributed by atoms with van der Waals surface area (Å²) in [7, 11) is 1.26. The predicted molar refractivity (Wildman–Crippen MR) is 138 cm³/mol. The number of H-pyrrole nitrogens is 1. The number of aromatic amines is 1. The molecule has 3 N–H and O–H groups in total. The number of nitrogens with one attached hydrogen (secondary N) is 3. The average molecular weight is 572 g/mol. The lowest BCUT2D eigenvalue weighted by Gasteiger charge is -2.40. The summed E-state index contributed by atoms with van der Waals surface area (Å²) < 4.78 is 10.7. The number of fused-ring (bicyclic) bond motifs is 2. The summed E-state index contributed by atoms with van der Waals surface area (Å²) in [6.45, 7) is 1.42. The average Bonchev–Trinajstić information content (AvgIpc) is 3.28. The van der Waals surface area contributed by atoms with Crippen LogP contribution in [0.15, 0.2) is 50.1 Å². The number of likely N-dealkylation sites (tertiary alicyclic amines) is 1. The van der Waals surface area contributed by atoms with Crippen LogP contribution in [0.25, 0.3) is 11.1 Å². The summed E-state index contributed by atoms with van der Waals surface area (Å²) >= 11 is 3.40. The SMILES string of the molecule is COC(=O)[C@@H](Cc1cc(Br)c2[nH]c(=O)oc2c1)NC(=O)N1CCC(N2Cc3ccccc3NC2=O)CC1. The molecule has 12 heteroatoms. The van der Waals surface area contributed by atoms with Crippen molar-refractivity contribution in [1.29, 1.82) is 0 Å². The number of methoxy groups -OCH3 is 1. The second kappa shape index (κ2) is 10.3. The number of rotatable bonds is 5. The molecule has 1 aromatic heterocycles. The Bertz CT molecular complexity index is 1410. The number of urea groups is 2. The lowest BCUT2D eigenvalue weighted by atomic mass is 10.0. The third-order valence-corrected chi connectivity index (χ3v) is 7.45. The van der Waals surface area contributed by atoms with E-state index < -0.39 is 17.8 Å². The number of anilines is 1. The van der Waals surface area contributed by atoms with Gasteiger partial charge in [0.15, 0.2) is 5.58 Å². The van der Waals surface area contributed by atoms with Gasteiger partial charge in [-0.05, 0) is 58.1 Å². The fourth-order valence-electron chi connectivity index (χ4n) is 4.89. The predicted octanol–water partition coefficient (Wildman–Crippen LogP) is 3.19. The highest BCUT2D eigenvalue weighted by molar-refractivity contribution is 9.10. The Morgan fingerprint density at radius 3 is 2.73 bits per heavy atom. The first-order chi connectivity index (χ1) is 17.8. The van der Waals surface area contributed by atoms with Crippen LogP contribution in [0, 0.1) is 0 Å². The number of amides is 4. The van der Waals surface area contributed by atoms with E-state index in [0.29, 0.717) is 53.6 Å². The lowest BCUT2D eigenvalue weighted by Crippen LogP contribution is -2.54. The first kappa shape index (κ1) is 24.9. The number of ether oxygens (including phenoxy) is 1. The summed E-state index contributed by atoms with van der Waals surface area (Å²) in [5.74, 6) is -1.17. The van der Waals surface area contributed by atoms with Gasteiger partial charge in [-0.25, -0.2) is 19.2 Å². The number of halogens is 1. The summed E-state index contributed by atoms with van der Waals surface area (Å²) in [4.78, 5) is 55.8. The highest BCUT2D eigenvalue weighted by Crippen LogP contribution is 2.28. The van der Waals surface area contributed by atoms with Crippen LogP contribution in [0.3, 0.4) is 0 Å². The summed E-state index contributed by atoms with van der Waals surface area (Å²) in [6, 6.07) is 9.69. The van der Waals surface area contributed by atoms with Gasteiger partial charge in [-0.15, -0.1) is 0 Å². The molecule has 2 aromatic carbocycles. The van der Waals surface area contributed by atoms with Gasteiger partial charge in [0.1, 0.15) is 11.6 Å².